The molecule has 2 unspecified atom stereocenters. The second-order valence-electron chi connectivity index (χ2n) is 11.0. The van der Waals surface area contributed by atoms with Crippen LogP contribution in [0.15, 0.2) is 47.4 Å². The van der Waals surface area contributed by atoms with E-state index in [2.05, 4.69) is 5.32 Å². The zero-order valence-electron chi connectivity index (χ0n) is 21.2. The number of halogens is 5. The smallest absolute Gasteiger partial charge is 0.346 e. The number of amides is 1. The van der Waals surface area contributed by atoms with E-state index in [4.69, 9.17) is 0 Å². The number of sulfone groups is 1. The Morgan fingerprint density at radius 2 is 1.72 bits per heavy atom. The van der Waals surface area contributed by atoms with Gasteiger partial charge in [0, 0.05) is 12.8 Å². The molecular weight excluding hydrogens is 541 g/mol. The van der Waals surface area contributed by atoms with E-state index in [1.165, 1.54) is 6.07 Å². The average Bonchev–Trinajstić information content (AvgIpc) is 3.48. The molecule has 2 fully saturated rings. The van der Waals surface area contributed by atoms with Gasteiger partial charge in [-0.3, -0.25) is 9.59 Å². The SMILES string of the molecule is CC(F)(c1ccc2c(c1)CC[C@H]1[C@H](CC(=O)C3CCC(=O)N3)CC[C@@]21S(=O)(=O)c1ccc(F)cc1)C(F)(F)F. The fourth-order valence-corrected chi connectivity index (χ4v) is 9.25. The molecule has 0 radical (unpaired) electrons. The first-order chi connectivity index (χ1) is 18.2. The summed E-state index contributed by atoms with van der Waals surface area (Å²) in [5.74, 6) is -1.92. The summed E-state index contributed by atoms with van der Waals surface area (Å²) in [6, 6.07) is 7.13. The molecule has 1 saturated carbocycles. The topological polar surface area (TPSA) is 80.3 Å². The highest BCUT2D eigenvalue weighted by Gasteiger charge is 2.61. The normalized spacial score (nSPS) is 28.4. The lowest BCUT2D eigenvalue weighted by molar-refractivity contribution is -0.228. The molecule has 0 bridgehead atoms. The lowest BCUT2D eigenvalue weighted by Crippen LogP contribution is -2.45. The van der Waals surface area contributed by atoms with Crippen molar-refractivity contribution in [3.8, 4) is 0 Å². The average molecular weight is 570 g/mol. The molecule has 2 aromatic carbocycles. The summed E-state index contributed by atoms with van der Waals surface area (Å²) >= 11 is 0. The fraction of sp³-hybridized carbons (Fsp3) is 0.500. The molecule has 0 aromatic heterocycles. The van der Waals surface area contributed by atoms with Gasteiger partial charge in [0.2, 0.25) is 11.6 Å². The molecule has 0 spiro atoms. The molecule has 1 heterocycles. The van der Waals surface area contributed by atoms with Crippen molar-refractivity contribution >= 4 is 21.5 Å². The molecule has 5 rings (SSSR count). The molecule has 1 amide bonds. The molecule has 39 heavy (non-hydrogen) atoms. The van der Waals surface area contributed by atoms with Gasteiger partial charge in [-0.2, -0.15) is 13.2 Å². The van der Waals surface area contributed by atoms with Crippen LogP contribution in [0, 0.1) is 17.7 Å². The van der Waals surface area contributed by atoms with E-state index in [0.717, 1.165) is 36.4 Å². The highest BCUT2D eigenvalue weighted by molar-refractivity contribution is 7.92. The molecule has 210 valence electrons. The van der Waals surface area contributed by atoms with E-state index in [-0.39, 0.29) is 54.6 Å². The molecule has 3 aliphatic rings. The summed E-state index contributed by atoms with van der Waals surface area (Å²) in [5, 5.41) is 2.65. The highest BCUT2D eigenvalue weighted by Crippen LogP contribution is 2.60. The number of hydrogen-bond donors (Lipinski definition) is 1. The Bertz CT molecular complexity index is 1420. The third-order valence-corrected chi connectivity index (χ3v) is 11.4. The predicted molar refractivity (Wildman–Crippen MR) is 132 cm³/mol. The van der Waals surface area contributed by atoms with Crippen LogP contribution in [0.4, 0.5) is 22.0 Å². The standard InChI is InChI=1S/C28H28F5NO4S/c1-26(30,28(31,32)33)18-3-9-22-16(14-18)2-8-21-17(15-24(35)23-10-11-25(36)34-23)12-13-27(21,22)39(37,38)20-6-4-19(29)5-7-20/h3-7,9,14,17,21,23H,2,8,10-13,15H2,1H3,(H,34,36)/t17-,21-,23?,26?,27-/m0/s1. The van der Waals surface area contributed by atoms with Gasteiger partial charge in [0.15, 0.2) is 15.6 Å². The molecule has 1 aliphatic heterocycles. The number of carbonyl (C=O) groups excluding carboxylic acids is 2. The lowest BCUT2D eigenvalue weighted by Gasteiger charge is -2.43. The number of hydrogen-bond acceptors (Lipinski definition) is 4. The fourth-order valence-electron chi connectivity index (χ4n) is 6.75. The van der Waals surface area contributed by atoms with Gasteiger partial charge in [0.1, 0.15) is 10.6 Å². The van der Waals surface area contributed by atoms with Gasteiger partial charge in [-0.05, 0) is 91.8 Å². The van der Waals surface area contributed by atoms with Gasteiger partial charge in [0.05, 0.1) is 10.9 Å². The molecule has 11 heteroatoms. The van der Waals surface area contributed by atoms with Crippen LogP contribution in [0.3, 0.4) is 0 Å². The summed E-state index contributed by atoms with van der Waals surface area (Å²) in [6.45, 7) is 0.435. The summed E-state index contributed by atoms with van der Waals surface area (Å²) in [5.41, 5.74) is -3.62. The van der Waals surface area contributed by atoms with Crippen molar-refractivity contribution in [2.24, 2.45) is 11.8 Å². The van der Waals surface area contributed by atoms with E-state index in [1.54, 1.807) is 0 Å². The minimum Gasteiger partial charge on any atom is -0.346 e. The summed E-state index contributed by atoms with van der Waals surface area (Å²) in [6.07, 6.45) is -3.54. The third-order valence-electron chi connectivity index (χ3n) is 8.87. The van der Waals surface area contributed by atoms with Crippen molar-refractivity contribution in [2.45, 2.75) is 79.4 Å². The molecule has 1 saturated heterocycles. The van der Waals surface area contributed by atoms with E-state index in [0.29, 0.717) is 30.9 Å². The number of aryl methyl sites for hydroxylation is 1. The van der Waals surface area contributed by atoms with Crippen LogP contribution in [0.2, 0.25) is 0 Å². The maximum atomic E-state index is 14.8. The van der Waals surface area contributed by atoms with Crippen LogP contribution in [0.5, 0.6) is 0 Å². The molecule has 2 aliphatic carbocycles. The monoisotopic (exact) mass is 569 g/mol. The van der Waals surface area contributed by atoms with Gasteiger partial charge < -0.3 is 5.32 Å². The number of rotatable bonds is 6. The lowest BCUT2D eigenvalue weighted by atomic mass is 9.71. The van der Waals surface area contributed by atoms with Crippen LogP contribution in [0.25, 0.3) is 0 Å². The summed E-state index contributed by atoms with van der Waals surface area (Å²) in [7, 11) is -4.23. The first-order valence-electron chi connectivity index (χ1n) is 12.9. The summed E-state index contributed by atoms with van der Waals surface area (Å²) < 4.78 is 95.9. The van der Waals surface area contributed by atoms with Crippen LogP contribution in [-0.4, -0.2) is 32.3 Å². The van der Waals surface area contributed by atoms with Crippen molar-refractivity contribution < 1.29 is 40.0 Å². The number of Topliss-reactive ketones (excluding diaryl/α,β-unsaturated/α-hetero) is 1. The summed E-state index contributed by atoms with van der Waals surface area (Å²) in [4.78, 5) is 24.5. The largest absolute Gasteiger partial charge is 0.426 e. The Morgan fingerprint density at radius 1 is 1.03 bits per heavy atom. The minimum absolute atomic E-state index is 0.0559. The van der Waals surface area contributed by atoms with Gasteiger partial charge in [-0.25, -0.2) is 17.2 Å². The first-order valence-corrected chi connectivity index (χ1v) is 14.4. The molecule has 1 N–H and O–H groups in total. The Kier molecular flexibility index (Phi) is 6.67. The quantitative estimate of drug-likeness (QED) is 0.371. The number of nitrogens with one attached hydrogen (secondary N) is 1. The van der Waals surface area contributed by atoms with E-state index < -0.39 is 49.8 Å². The van der Waals surface area contributed by atoms with Crippen LogP contribution in [-0.2, 0) is 36.3 Å². The van der Waals surface area contributed by atoms with Gasteiger partial charge in [-0.15, -0.1) is 0 Å². The Morgan fingerprint density at radius 3 is 2.33 bits per heavy atom. The Hall–Kier alpha value is -2.82. The maximum Gasteiger partial charge on any atom is 0.426 e. The zero-order valence-corrected chi connectivity index (χ0v) is 22.0. The highest BCUT2D eigenvalue weighted by atomic mass is 32.2. The van der Waals surface area contributed by atoms with Crippen molar-refractivity contribution in [3.05, 3.63) is 65.0 Å². The number of carbonyl (C=O) groups is 2. The predicted octanol–water partition coefficient (Wildman–Crippen LogP) is 5.45. The molecular formula is C28H28F5NO4S. The number of alkyl halides is 4. The number of ketones is 1. The Balaban J connectivity index is 1.60. The van der Waals surface area contributed by atoms with E-state index in [1.807, 2.05) is 0 Å². The second-order valence-corrected chi connectivity index (χ2v) is 13.2. The Labute approximate surface area is 223 Å². The van der Waals surface area contributed by atoms with Crippen molar-refractivity contribution in [1.29, 1.82) is 0 Å². The first kappa shape index (κ1) is 27.7. The molecule has 5 atom stereocenters. The van der Waals surface area contributed by atoms with Gasteiger partial charge >= 0.3 is 6.18 Å². The second kappa shape index (κ2) is 9.38. The van der Waals surface area contributed by atoms with E-state index in [9.17, 15) is 40.0 Å². The zero-order chi connectivity index (χ0) is 28.4. The van der Waals surface area contributed by atoms with Crippen LogP contribution < -0.4 is 5.32 Å². The molecule has 2 aromatic rings. The van der Waals surface area contributed by atoms with Gasteiger partial charge in [0.25, 0.3) is 0 Å². The third kappa shape index (κ3) is 4.37. The maximum absolute atomic E-state index is 14.8. The van der Waals surface area contributed by atoms with Crippen molar-refractivity contribution in [3.63, 3.8) is 0 Å². The van der Waals surface area contributed by atoms with Crippen LogP contribution >= 0.6 is 0 Å². The van der Waals surface area contributed by atoms with Gasteiger partial charge in [-0.1, -0.05) is 18.2 Å². The minimum atomic E-state index is -5.16. The van der Waals surface area contributed by atoms with Crippen LogP contribution in [0.1, 0.15) is 62.1 Å². The van der Waals surface area contributed by atoms with E-state index >= 15 is 0 Å². The molecule has 5 nitrogen and oxygen atoms in total. The number of fused-ring (bicyclic) bond motifs is 3. The van der Waals surface area contributed by atoms with Crippen molar-refractivity contribution in [1.82, 2.24) is 5.32 Å². The number of benzene rings is 2. The van der Waals surface area contributed by atoms with Crippen molar-refractivity contribution in [2.75, 3.05) is 0 Å².